The molecule has 1 aliphatic heterocycles. The molecule has 1 atom stereocenters. The van der Waals surface area contributed by atoms with Crippen molar-refractivity contribution in [3.63, 3.8) is 0 Å². The quantitative estimate of drug-likeness (QED) is 0.266. The Morgan fingerprint density at radius 1 is 1.21 bits per heavy atom. The predicted molar refractivity (Wildman–Crippen MR) is 144 cm³/mol. The standard InChI is InChI=1S/C29H37N3S/c1-8-9-15-27-18-21(3)29(23(5)32(27)22(4)25-13-11-10-12-14-25)28(30-7)17-20(2)16-26-19-33-24(6)31-26/h10-14,18-19,22H,2,5,8-9,15-17H2,1,3-4,6-7H3. The predicted octanol–water partition coefficient (Wildman–Crippen LogP) is 7.99. The van der Waals surface area contributed by atoms with Crippen molar-refractivity contribution < 1.29 is 0 Å². The van der Waals surface area contributed by atoms with E-state index in [1.54, 1.807) is 11.3 Å². The monoisotopic (exact) mass is 459 g/mol. The zero-order valence-electron chi connectivity index (χ0n) is 20.8. The summed E-state index contributed by atoms with van der Waals surface area (Å²) in [6, 6.07) is 10.9. The van der Waals surface area contributed by atoms with E-state index in [1.165, 1.54) is 29.7 Å². The molecule has 3 nitrogen and oxygen atoms in total. The number of allylic oxidation sites excluding steroid dienone is 5. The second-order valence-electron chi connectivity index (χ2n) is 8.83. The summed E-state index contributed by atoms with van der Waals surface area (Å²) < 4.78 is 0. The molecule has 1 aliphatic rings. The van der Waals surface area contributed by atoms with Crippen molar-refractivity contribution in [2.75, 3.05) is 7.05 Å². The second-order valence-corrected chi connectivity index (χ2v) is 9.89. The molecule has 2 heterocycles. The zero-order valence-corrected chi connectivity index (χ0v) is 21.6. The van der Waals surface area contributed by atoms with E-state index in [0.29, 0.717) is 0 Å². The molecule has 1 aromatic carbocycles. The van der Waals surface area contributed by atoms with Crippen LogP contribution in [0, 0.1) is 6.92 Å². The molecular weight excluding hydrogens is 422 g/mol. The van der Waals surface area contributed by atoms with E-state index in [4.69, 9.17) is 4.99 Å². The van der Waals surface area contributed by atoms with E-state index in [0.717, 1.165) is 52.5 Å². The van der Waals surface area contributed by atoms with Gasteiger partial charge in [-0.2, -0.15) is 0 Å². The van der Waals surface area contributed by atoms with Gasteiger partial charge in [-0.05, 0) is 50.8 Å². The fraction of sp³-hybridized carbons (Fsp3) is 0.379. The van der Waals surface area contributed by atoms with Gasteiger partial charge in [0, 0.05) is 47.9 Å². The van der Waals surface area contributed by atoms with Crippen LogP contribution in [0.15, 0.2) is 88.1 Å². The minimum absolute atomic E-state index is 0.198. The van der Waals surface area contributed by atoms with E-state index >= 15 is 0 Å². The van der Waals surface area contributed by atoms with E-state index in [1.807, 2.05) is 14.0 Å². The van der Waals surface area contributed by atoms with Crippen molar-refractivity contribution in [1.82, 2.24) is 9.88 Å². The van der Waals surface area contributed by atoms with Crippen molar-refractivity contribution in [2.24, 2.45) is 4.99 Å². The number of nitrogens with zero attached hydrogens (tertiary/aromatic N) is 3. The van der Waals surface area contributed by atoms with Crippen molar-refractivity contribution >= 4 is 17.0 Å². The van der Waals surface area contributed by atoms with Crippen LogP contribution in [0.2, 0.25) is 0 Å². The van der Waals surface area contributed by atoms with Crippen molar-refractivity contribution in [1.29, 1.82) is 0 Å². The van der Waals surface area contributed by atoms with Crippen LogP contribution >= 0.6 is 11.3 Å². The van der Waals surface area contributed by atoms with E-state index < -0.39 is 0 Å². The number of aliphatic imine (C=N–C) groups is 1. The molecular formula is C29H37N3S. The molecule has 0 N–H and O–H groups in total. The lowest BCUT2D eigenvalue weighted by Crippen LogP contribution is -2.31. The second kappa shape index (κ2) is 11.4. The largest absolute Gasteiger partial charge is 0.338 e. The van der Waals surface area contributed by atoms with Crippen molar-refractivity contribution in [2.45, 2.75) is 65.8 Å². The summed E-state index contributed by atoms with van der Waals surface area (Å²) in [5, 5.41) is 3.22. The first-order chi connectivity index (χ1) is 15.8. The molecule has 4 heteroatoms. The summed E-state index contributed by atoms with van der Waals surface area (Å²) in [6.07, 6.45) is 7.24. The fourth-order valence-corrected chi connectivity index (χ4v) is 5.16. The summed E-state index contributed by atoms with van der Waals surface area (Å²) in [4.78, 5) is 11.7. The maximum Gasteiger partial charge on any atom is 0.0897 e. The molecule has 1 unspecified atom stereocenters. The van der Waals surface area contributed by atoms with Gasteiger partial charge in [-0.3, -0.25) is 4.99 Å². The third kappa shape index (κ3) is 6.00. The number of aryl methyl sites for hydroxylation is 1. The Morgan fingerprint density at radius 3 is 2.55 bits per heavy atom. The molecule has 0 spiro atoms. The number of thiazole rings is 1. The van der Waals surface area contributed by atoms with Crippen LogP contribution in [0.5, 0.6) is 0 Å². The highest BCUT2D eigenvalue weighted by molar-refractivity contribution is 7.09. The fourth-order valence-electron chi connectivity index (χ4n) is 4.54. The molecule has 3 rings (SSSR count). The molecule has 0 bridgehead atoms. The highest BCUT2D eigenvalue weighted by atomic mass is 32.1. The van der Waals surface area contributed by atoms with E-state index in [9.17, 15) is 0 Å². The van der Waals surface area contributed by atoms with E-state index in [2.05, 4.69) is 85.6 Å². The van der Waals surface area contributed by atoms with Gasteiger partial charge in [0.25, 0.3) is 0 Å². The highest BCUT2D eigenvalue weighted by Gasteiger charge is 2.29. The minimum atomic E-state index is 0.198. The van der Waals surface area contributed by atoms with Gasteiger partial charge in [-0.25, -0.2) is 4.98 Å². The van der Waals surface area contributed by atoms with Gasteiger partial charge in [0.15, 0.2) is 0 Å². The molecule has 174 valence electrons. The number of hydrogen-bond acceptors (Lipinski definition) is 4. The average Bonchev–Trinajstić information content (AvgIpc) is 3.21. The Balaban J connectivity index is 1.90. The van der Waals surface area contributed by atoms with Gasteiger partial charge in [0.2, 0.25) is 0 Å². The third-order valence-corrected chi connectivity index (χ3v) is 7.02. The van der Waals surface area contributed by atoms with E-state index in [-0.39, 0.29) is 6.04 Å². The van der Waals surface area contributed by atoms with Gasteiger partial charge in [-0.1, -0.05) is 62.4 Å². The van der Waals surface area contributed by atoms with Gasteiger partial charge in [-0.15, -0.1) is 11.3 Å². The van der Waals surface area contributed by atoms with Crippen LogP contribution < -0.4 is 0 Å². The maximum atomic E-state index is 4.72. The first-order valence-corrected chi connectivity index (χ1v) is 12.7. The number of unbranched alkanes of at least 4 members (excludes halogenated alkanes) is 1. The molecule has 0 radical (unpaired) electrons. The van der Waals surface area contributed by atoms with Crippen LogP contribution in [0.1, 0.15) is 68.8 Å². The Bertz CT molecular complexity index is 1090. The lowest BCUT2D eigenvalue weighted by molar-refractivity contribution is 0.330. The number of aromatic nitrogens is 1. The zero-order chi connectivity index (χ0) is 24.0. The van der Waals surface area contributed by atoms with Crippen molar-refractivity contribution in [3.05, 3.63) is 99.3 Å². The molecule has 0 saturated carbocycles. The van der Waals surface area contributed by atoms with Gasteiger partial charge in [0.1, 0.15) is 0 Å². The molecule has 2 aromatic rings. The molecule has 1 aromatic heterocycles. The summed E-state index contributed by atoms with van der Waals surface area (Å²) >= 11 is 1.69. The Morgan fingerprint density at radius 2 is 1.94 bits per heavy atom. The lowest BCUT2D eigenvalue weighted by Gasteiger charge is -2.40. The third-order valence-electron chi connectivity index (χ3n) is 6.20. The molecule has 0 saturated heterocycles. The van der Waals surface area contributed by atoms with Crippen LogP contribution in [0.4, 0.5) is 0 Å². The maximum absolute atomic E-state index is 4.72. The Labute approximate surface area is 204 Å². The summed E-state index contributed by atoms with van der Waals surface area (Å²) in [5.74, 6) is 0. The van der Waals surface area contributed by atoms with Gasteiger partial charge < -0.3 is 4.90 Å². The molecule has 0 amide bonds. The first-order valence-electron chi connectivity index (χ1n) is 11.8. The molecule has 0 aliphatic carbocycles. The highest BCUT2D eigenvalue weighted by Crippen LogP contribution is 2.39. The average molecular weight is 460 g/mol. The lowest BCUT2D eigenvalue weighted by atomic mass is 9.89. The Kier molecular flexibility index (Phi) is 8.62. The molecule has 33 heavy (non-hydrogen) atoms. The van der Waals surface area contributed by atoms with Crippen LogP contribution in [-0.2, 0) is 6.42 Å². The summed E-state index contributed by atoms with van der Waals surface area (Å²) in [6.45, 7) is 17.7. The summed E-state index contributed by atoms with van der Waals surface area (Å²) in [7, 11) is 1.88. The summed E-state index contributed by atoms with van der Waals surface area (Å²) in [5.41, 5.74) is 9.31. The smallest absolute Gasteiger partial charge is 0.0897 e. The van der Waals surface area contributed by atoms with Crippen LogP contribution in [-0.4, -0.2) is 22.6 Å². The number of hydrogen-bond donors (Lipinski definition) is 0. The van der Waals surface area contributed by atoms with Gasteiger partial charge >= 0.3 is 0 Å². The van der Waals surface area contributed by atoms with Crippen molar-refractivity contribution in [3.8, 4) is 0 Å². The SMILES string of the molecule is C=C(CC(=NC)C1=C(C)C=C(CCCC)N(C(C)c2ccccc2)C1=C)Cc1csc(C)n1. The topological polar surface area (TPSA) is 28.5 Å². The number of rotatable bonds is 10. The molecule has 0 fully saturated rings. The normalized spacial score (nSPS) is 15.7. The Hall–Kier alpha value is -2.72. The minimum Gasteiger partial charge on any atom is -0.338 e. The first kappa shape index (κ1) is 24.9. The van der Waals surface area contributed by atoms with Crippen LogP contribution in [0.3, 0.4) is 0 Å². The number of benzene rings is 1. The van der Waals surface area contributed by atoms with Gasteiger partial charge in [0.05, 0.1) is 16.7 Å². The van der Waals surface area contributed by atoms with Crippen LogP contribution in [0.25, 0.3) is 0 Å².